The first kappa shape index (κ1) is 24.5. The fourth-order valence-corrected chi connectivity index (χ4v) is 5.79. The number of fused-ring (bicyclic) bond motifs is 1. The molecule has 1 fully saturated rings. The van der Waals surface area contributed by atoms with Gasteiger partial charge in [-0.1, -0.05) is 56.0 Å². The van der Waals surface area contributed by atoms with Crippen LogP contribution >= 0.6 is 11.6 Å². The number of aromatic nitrogens is 1. The first-order chi connectivity index (χ1) is 16.3. The van der Waals surface area contributed by atoms with Gasteiger partial charge in [-0.2, -0.15) is 0 Å². The monoisotopic (exact) mass is 478 g/mol. The summed E-state index contributed by atoms with van der Waals surface area (Å²) in [5.41, 5.74) is 9.40. The molecule has 180 valence electrons. The van der Waals surface area contributed by atoms with E-state index in [1.54, 1.807) is 12.1 Å². The maximum atomic E-state index is 13.1. The van der Waals surface area contributed by atoms with Crippen molar-refractivity contribution in [3.05, 3.63) is 69.0 Å². The molecule has 34 heavy (non-hydrogen) atoms. The Morgan fingerprint density at radius 3 is 2.62 bits per heavy atom. The Morgan fingerprint density at radius 2 is 1.94 bits per heavy atom. The lowest BCUT2D eigenvalue weighted by molar-refractivity contribution is 0.0496. The number of rotatable bonds is 7. The predicted octanol–water partition coefficient (Wildman–Crippen LogP) is 6.63. The number of halogens is 1. The van der Waals surface area contributed by atoms with Gasteiger partial charge >= 0.3 is 0 Å². The van der Waals surface area contributed by atoms with Crippen molar-refractivity contribution in [2.45, 2.75) is 77.4 Å². The molecule has 0 saturated carbocycles. The van der Waals surface area contributed by atoms with E-state index in [0.717, 1.165) is 35.7 Å². The molecular weight excluding hydrogens is 444 g/mol. The van der Waals surface area contributed by atoms with Gasteiger partial charge in [0, 0.05) is 39.7 Å². The van der Waals surface area contributed by atoms with Crippen molar-refractivity contribution < 1.29 is 0 Å². The first-order valence-corrected chi connectivity index (χ1v) is 12.8. The van der Waals surface area contributed by atoms with Crippen LogP contribution in [0.5, 0.6) is 0 Å². The van der Waals surface area contributed by atoms with Crippen LogP contribution in [0.25, 0.3) is 22.0 Å². The summed E-state index contributed by atoms with van der Waals surface area (Å²) >= 11 is 6.60. The van der Waals surface area contributed by atoms with Gasteiger partial charge in [-0.05, 0) is 68.5 Å². The van der Waals surface area contributed by atoms with Crippen LogP contribution in [-0.2, 0) is 0 Å². The highest BCUT2D eigenvalue weighted by Gasteiger charge is 2.32. The number of nitrogens with one attached hydrogen (secondary N) is 2. The Balaban J connectivity index is 1.92. The maximum Gasteiger partial charge on any atom is 0.256 e. The molecule has 3 unspecified atom stereocenters. The van der Waals surface area contributed by atoms with E-state index in [9.17, 15) is 4.79 Å². The Bertz CT molecular complexity index is 1240. The number of nitrogen functional groups attached to an aromatic ring is 1. The largest absolute Gasteiger partial charge is 0.384 e. The second-order valence-electron chi connectivity index (χ2n) is 9.70. The average molecular weight is 479 g/mol. The molecule has 1 aromatic heterocycles. The molecule has 2 aromatic carbocycles. The minimum Gasteiger partial charge on any atom is -0.384 e. The lowest BCUT2D eigenvalue weighted by atomic mass is 9.88. The standard InChI is InChI=1S/C28H35ClN4O/c1-4-5-12-26(33-17(2)8-6-9-18(33)3)24-14-21(29)15-25-23(24)16-22(28(34)32-25)19-10-7-11-20(13-19)27(30)31/h7,10-11,13-18,26H,4-6,8-9,12H2,1-3H3,(H3,30,31)(H,32,34). The van der Waals surface area contributed by atoms with Crippen LogP contribution in [0.3, 0.4) is 0 Å². The normalized spacial score (nSPS) is 19.9. The number of pyridine rings is 1. The molecule has 0 amide bonds. The lowest BCUT2D eigenvalue weighted by Gasteiger charge is -2.45. The van der Waals surface area contributed by atoms with Crippen molar-refractivity contribution in [3.63, 3.8) is 0 Å². The molecule has 0 spiro atoms. The van der Waals surface area contributed by atoms with Gasteiger partial charge in [0.15, 0.2) is 0 Å². The molecule has 0 bridgehead atoms. The maximum absolute atomic E-state index is 13.1. The van der Waals surface area contributed by atoms with Crippen molar-refractivity contribution in [1.29, 1.82) is 5.41 Å². The molecule has 0 aliphatic carbocycles. The summed E-state index contributed by atoms with van der Waals surface area (Å²) in [5, 5.41) is 9.45. The van der Waals surface area contributed by atoms with E-state index in [-0.39, 0.29) is 17.4 Å². The number of H-pyrrole nitrogens is 1. The van der Waals surface area contributed by atoms with E-state index in [4.69, 9.17) is 22.7 Å². The number of hydrogen-bond acceptors (Lipinski definition) is 3. The van der Waals surface area contributed by atoms with Crippen LogP contribution in [0.15, 0.2) is 47.3 Å². The van der Waals surface area contributed by atoms with Crippen molar-refractivity contribution in [1.82, 2.24) is 9.88 Å². The van der Waals surface area contributed by atoms with Crippen molar-refractivity contribution in [2.75, 3.05) is 0 Å². The number of benzene rings is 2. The number of amidine groups is 1. The minimum absolute atomic E-state index is 0.0146. The van der Waals surface area contributed by atoms with Crippen LogP contribution in [0.4, 0.5) is 0 Å². The molecule has 3 aromatic rings. The minimum atomic E-state index is -0.175. The number of likely N-dealkylation sites (tertiary alicyclic amines) is 1. The molecule has 1 saturated heterocycles. The molecule has 3 atom stereocenters. The zero-order valence-electron chi connectivity index (χ0n) is 20.3. The third-order valence-electron chi connectivity index (χ3n) is 7.25. The van der Waals surface area contributed by atoms with E-state index in [1.165, 1.54) is 24.8 Å². The predicted molar refractivity (Wildman–Crippen MR) is 143 cm³/mol. The number of hydrogen-bond donors (Lipinski definition) is 3. The van der Waals surface area contributed by atoms with Gasteiger partial charge in [-0.25, -0.2) is 0 Å². The summed E-state index contributed by atoms with van der Waals surface area (Å²) in [5.74, 6) is -0.0146. The Morgan fingerprint density at radius 1 is 1.21 bits per heavy atom. The Kier molecular flexibility index (Phi) is 7.44. The summed E-state index contributed by atoms with van der Waals surface area (Å²) < 4.78 is 0. The molecule has 1 aliphatic rings. The molecular formula is C28H35ClN4O. The van der Waals surface area contributed by atoms with E-state index in [1.807, 2.05) is 24.3 Å². The third kappa shape index (κ3) is 4.91. The van der Waals surface area contributed by atoms with Gasteiger partial charge in [-0.3, -0.25) is 15.1 Å². The van der Waals surface area contributed by atoms with Gasteiger partial charge in [0.25, 0.3) is 5.56 Å². The third-order valence-corrected chi connectivity index (χ3v) is 7.47. The molecule has 4 N–H and O–H groups in total. The van der Waals surface area contributed by atoms with Crippen molar-refractivity contribution in [2.24, 2.45) is 5.73 Å². The van der Waals surface area contributed by atoms with E-state index in [0.29, 0.717) is 28.2 Å². The zero-order valence-corrected chi connectivity index (χ0v) is 21.1. The summed E-state index contributed by atoms with van der Waals surface area (Å²) in [6.45, 7) is 6.90. The smallest absolute Gasteiger partial charge is 0.256 e. The Hall–Kier alpha value is -2.63. The highest BCUT2D eigenvalue weighted by molar-refractivity contribution is 6.31. The van der Waals surface area contributed by atoms with Gasteiger partial charge in [-0.15, -0.1) is 0 Å². The van der Waals surface area contributed by atoms with Crippen LogP contribution in [0.1, 0.15) is 76.5 Å². The summed E-state index contributed by atoms with van der Waals surface area (Å²) in [7, 11) is 0. The molecule has 5 nitrogen and oxygen atoms in total. The van der Waals surface area contributed by atoms with E-state index in [2.05, 4.69) is 36.7 Å². The highest BCUT2D eigenvalue weighted by atomic mass is 35.5. The van der Waals surface area contributed by atoms with E-state index >= 15 is 0 Å². The van der Waals surface area contributed by atoms with Crippen LogP contribution in [0.2, 0.25) is 5.02 Å². The van der Waals surface area contributed by atoms with E-state index < -0.39 is 0 Å². The summed E-state index contributed by atoms with van der Waals surface area (Å²) in [6, 6.07) is 14.5. The molecule has 4 rings (SSSR count). The molecule has 1 aliphatic heterocycles. The fourth-order valence-electron chi connectivity index (χ4n) is 5.57. The fraction of sp³-hybridized carbons (Fsp3) is 0.429. The summed E-state index contributed by atoms with van der Waals surface area (Å²) in [4.78, 5) is 18.8. The van der Waals surface area contributed by atoms with Crippen LogP contribution in [-0.4, -0.2) is 27.8 Å². The van der Waals surface area contributed by atoms with Gasteiger partial charge < -0.3 is 10.7 Å². The summed E-state index contributed by atoms with van der Waals surface area (Å²) in [6.07, 6.45) is 6.97. The van der Waals surface area contributed by atoms with Crippen molar-refractivity contribution >= 4 is 28.3 Å². The topological polar surface area (TPSA) is 86.0 Å². The lowest BCUT2D eigenvalue weighted by Crippen LogP contribution is -2.46. The highest BCUT2D eigenvalue weighted by Crippen LogP contribution is 2.39. The quantitative estimate of drug-likeness (QED) is 0.263. The number of unbranched alkanes of at least 4 members (excludes halogenated alkanes) is 1. The van der Waals surface area contributed by atoms with Gasteiger partial charge in [0.1, 0.15) is 5.84 Å². The zero-order chi connectivity index (χ0) is 24.4. The number of nitrogens with two attached hydrogens (primary N) is 1. The number of nitrogens with zero attached hydrogens (tertiary/aromatic N) is 1. The second-order valence-corrected chi connectivity index (χ2v) is 10.1. The van der Waals surface area contributed by atoms with Crippen LogP contribution in [0, 0.1) is 5.41 Å². The van der Waals surface area contributed by atoms with Gasteiger partial charge in [0.2, 0.25) is 0 Å². The molecule has 6 heteroatoms. The second kappa shape index (κ2) is 10.3. The molecule has 0 radical (unpaired) electrons. The number of aromatic amines is 1. The SMILES string of the molecule is CCCCC(c1cc(Cl)cc2[nH]c(=O)c(-c3cccc(C(=N)N)c3)cc12)N1C(C)CCCC1C. The average Bonchev–Trinajstić information content (AvgIpc) is 2.80. The number of piperidine rings is 1. The Labute approximate surface area is 206 Å². The molecule has 2 heterocycles. The first-order valence-electron chi connectivity index (χ1n) is 12.4. The van der Waals surface area contributed by atoms with Crippen molar-refractivity contribution in [3.8, 4) is 11.1 Å². The van der Waals surface area contributed by atoms with Gasteiger partial charge in [0.05, 0.1) is 5.52 Å². The van der Waals surface area contributed by atoms with Crippen LogP contribution < -0.4 is 11.3 Å².